The van der Waals surface area contributed by atoms with Gasteiger partial charge in [-0.3, -0.25) is 0 Å². The Morgan fingerprint density at radius 3 is 2.86 bits per heavy atom. The van der Waals surface area contributed by atoms with Gasteiger partial charge in [0, 0.05) is 12.0 Å². The summed E-state index contributed by atoms with van der Waals surface area (Å²) in [5.74, 6) is 0.722. The van der Waals surface area contributed by atoms with Crippen LogP contribution in [0.1, 0.15) is 62.1 Å². The van der Waals surface area contributed by atoms with Crippen molar-refractivity contribution in [3.05, 3.63) is 34.9 Å². The Morgan fingerprint density at radius 2 is 2.14 bits per heavy atom. The van der Waals surface area contributed by atoms with Crippen molar-refractivity contribution in [2.24, 2.45) is 17.1 Å². The van der Waals surface area contributed by atoms with Crippen LogP contribution in [-0.4, -0.2) is 11.7 Å². The minimum absolute atomic E-state index is 0.120. The molecule has 2 nitrogen and oxygen atoms in total. The fourth-order valence-electron chi connectivity index (χ4n) is 4.86. The number of rotatable bonds is 3. The maximum absolute atomic E-state index is 11.7. The first-order valence-electron chi connectivity index (χ1n) is 8.57. The summed E-state index contributed by atoms with van der Waals surface area (Å²) in [5.41, 5.74) is 9.16. The van der Waals surface area contributed by atoms with Crippen LogP contribution in [0.4, 0.5) is 0 Å². The lowest BCUT2D eigenvalue weighted by Crippen LogP contribution is -2.51. The third kappa shape index (κ3) is 2.24. The molecule has 2 heteroatoms. The van der Waals surface area contributed by atoms with Crippen LogP contribution in [0, 0.1) is 18.3 Å². The Labute approximate surface area is 128 Å². The molecule has 21 heavy (non-hydrogen) atoms. The van der Waals surface area contributed by atoms with Crippen molar-refractivity contribution in [3.8, 4) is 0 Å². The Hall–Kier alpha value is -0.860. The number of hydrogen-bond acceptors (Lipinski definition) is 2. The molecule has 116 valence electrons. The van der Waals surface area contributed by atoms with Crippen molar-refractivity contribution < 1.29 is 5.11 Å². The van der Waals surface area contributed by atoms with Crippen molar-refractivity contribution in [2.75, 3.05) is 6.54 Å². The van der Waals surface area contributed by atoms with Gasteiger partial charge in [0.25, 0.3) is 0 Å². The van der Waals surface area contributed by atoms with E-state index in [9.17, 15) is 5.11 Å². The summed E-state index contributed by atoms with van der Waals surface area (Å²) in [6.07, 6.45) is 7.71. The van der Waals surface area contributed by atoms with Gasteiger partial charge in [0.1, 0.15) is 0 Å². The average Bonchev–Trinajstić information content (AvgIpc) is 2.85. The van der Waals surface area contributed by atoms with Crippen LogP contribution in [0.15, 0.2) is 18.2 Å². The average molecular weight is 287 g/mol. The molecule has 0 aromatic heterocycles. The van der Waals surface area contributed by atoms with E-state index >= 15 is 0 Å². The fraction of sp³-hybridized carbons (Fsp3) is 0.684. The second-order valence-corrected chi connectivity index (χ2v) is 7.38. The van der Waals surface area contributed by atoms with Gasteiger partial charge in [-0.05, 0) is 49.7 Å². The molecular formula is C19H29NO. The Kier molecular flexibility index (Phi) is 3.87. The number of nitrogens with two attached hydrogens (primary N) is 1. The highest BCUT2D eigenvalue weighted by Crippen LogP contribution is 2.56. The van der Waals surface area contributed by atoms with Crippen molar-refractivity contribution in [1.29, 1.82) is 0 Å². The predicted molar refractivity (Wildman–Crippen MR) is 87.1 cm³/mol. The van der Waals surface area contributed by atoms with E-state index in [2.05, 4.69) is 32.0 Å². The molecule has 0 spiro atoms. The lowest BCUT2D eigenvalue weighted by molar-refractivity contribution is -0.114. The van der Waals surface area contributed by atoms with E-state index in [0.717, 1.165) is 31.6 Å². The van der Waals surface area contributed by atoms with Gasteiger partial charge < -0.3 is 10.8 Å². The molecule has 0 bridgehead atoms. The number of aryl methyl sites for hydroxylation is 2. The van der Waals surface area contributed by atoms with E-state index in [4.69, 9.17) is 5.73 Å². The second kappa shape index (κ2) is 5.40. The molecule has 1 aromatic carbocycles. The smallest absolute Gasteiger partial charge is 0.0970 e. The summed E-state index contributed by atoms with van der Waals surface area (Å²) < 4.78 is 0. The molecular weight excluding hydrogens is 258 g/mol. The molecule has 1 saturated carbocycles. The zero-order chi connectivity index (χ0) is 15.1. The Balaban J connectivity index is 2.03. The van der Waals surface area contributed by atoms with Crippen LogP contribution in [0.25, 0.3) is 0 Å². The topological polar surface area (TPSA) is 46.2 Å². The van der Waals surface area contributed by atoms with Gasteiger partial charge in [-0.25, -0.2) is 0 Å². The molecule has 3 N–H and O–H groups in total. The monoisotopic (exact) mass is 287 g/mol. The highest BCUT2D eigenvalue weighted by Gasteiger charge is 2.54. The number of aliphatic hydroxyl groups is 1. The van der Waals surface area contributed by atoms with E-state index in [1.165, 1.54) is 36.0 Å². The zero-order valence-corrected chi connectivity index (χ0v) is 13.5. The van der Waals surface area contributed by atoms with Crippen LogP contribution < -0.4 is 5.73 Å². The first-order chi connectivity index (χ1) is 10.0. The Bertz CT molecular complexity index is 526. The molecule has 1 aromatic rings. The number of hydrogen-bond donors (Lipinski definition) is 2. The summed E-state index contributed by atoms with van der Waals surface area (Å²) in [6.45, 7) is 4.99. The van der Waals surface area contributed by atoms with Crippen molar-refractivity contribution >= 4 is 0 Å². The number of fused-ring (bicyclic) bond motifs is 1. The molecule has 2 aliphatic carbocycles. The molecule has 1 fully saturated rings. The van der Waals surface area contributed by atoms with Gasteiger partial charge in [-0.15, -0.1) is 0 Å². The quantitative estimate of drug-likeness (QED) is 0.891. The molecule has 0 aliphatic heterocycles. The van der Waals surface area contributed by atoms with Crippen molar-refractivity contribution in [3.63, 3.8) is 0 Å². The standard InChI is InChI=1S/C19H29NO/c1-3-15-5-4-9-18(12-15,13-20)19(21)10-8-16-7-6-14(2)11-17(16)19/h6-7,11,15,21H,3-5,8-10,12-13,20H2,1-2H3. The Morgan fingerprint density at radius 1 is 1.33 bits per heavy atom. The summed E-state index contributed by atoms with van der Waals surface area (Å²) in [5, 5.41) is 11.7. The van der Waals surface area contributed by atoms with Gasteiger partial charge in [0.15, 0.2) is 0 Å². The highest BCUT2D eigenvalue weighted by atomic mass is 16.3. The molecule has 3 rings (SSSR count). The SMILES string of the molecule is CCC1CCCC(CN)(C2(O)CCc3ccc(C)cc32)C1. The van der Waals surface area contributed by atoms with Crippen LogP contribution >= 0.6 is 0 Å². The highest BCUT2D eigenvalue weighted by molar-refractivity contribution is 5.42. The molecule has 3 atom stereocenters. The van der Waals surface area contributed by atoms with E-state index < -0.39 is 5.60 Å². The maximum Gasteiger partial charge on any atom is 0.0970 e. The summed E-state index contributed by atoms with van der Waals surface area (Å²) in [6, 6.07) is 6.57. The van der Waals surface area contributed by atoms with Crippen LogP contribution in [0.2, 0.25) is 0 Å². The van der Waals surface area contributed by atoms with E-state index in [-0.39, 0.29) is 5.41 Å². The normalized spacial score (nSPS) is 35.7. The van der Waals surface area contributed by atoms with E-state index in [0.29, 0.717) is 6.54 Å². The van der Waals surface area contributed by atoms with Crippen molar-refractivity contribution in [1.82, 2.24) is 0 Å². The van der Waals surface area contributed by atoms with Gasteiger partial charge in [0.2, 0.25) is 0 Å². The fourth-order valence-corrected chi connectivity index (χ4v) is 4.86. The summed E-state index contributed by atoms with van der Waals surface area (Å²) >= 11 is 0. The maximum atomic E-state index is 11.7. The summed E-state index contributed by atoms with van der Waals surface area (Å²) in [4.78, 5) is 0. The second-order valence-electron chi connectivity index (χ2n) is 7.38. The molecule has 0 radical (unpaired) electrons. The van der Waals surface area contributed by atoms with Crippen LogP contribution in [-0.2, 0) is 12.0 Å². The predicted octanol–water partition coefficient (Wildman–Crippen LogP) is 3.67. The van der Waals surface area contributed by atoms with Crippen LogP contribution in [0.5, 0.6) is 0 Å². The van der Waals surface area contributed by atoms with Gasteiger partial charge in [-0.2, -0.15) is 0 Å². The molecule has 2 aliphatic rings. The lowest BCUT2D eigenvalue weighted by Gasteiger charge is -2.50. The third-order valence-corrected chi connectivity index (χ3v) is 6.26. The first kappa shape index (κ1) is 15.1. The summed E-state index contributed by atoms with van der Waals surface area (Å²) in [7, 11) is 0. The van der Waals surface area contributed by atoms with Gasteiger partial charge in [-0.1, -0.05) is 49.9 Å². The van der Waals surface area contributed by atoms with E-state index in [1.54, 1.807) is 0 Å². The number of benzene rings is 1. The van der Waals surface area contributed by atoms with E-state index in [1.807, 2.05) is 0 Å². The minimum Gasteiger partial charge on any atom is -0.385 e. The van der Waals surface area contributed by atoms with Gasteiger partial charge >= 0.3 is 0 Å². The zero-order valence-electron chi connectivity index (χ0n) is 13.5. The minimum atomic E-state index is -0.711. The van der Waals surface area contributed by atoms with Gasteiger partial charge in [0.05, 0.1) is 5.60 Å². The first-order valence-corrected chi connectivity index (χ1v) is 8.57. The molecule has 0 amide bonds. The van der Waals surface area contributed by atoms with Crippen LogP contribution in [0.3, 0.4) is 0 Å². The largest absolute Gasteiger partial charge is 0.385 e. The molecule has 3 unspecified atom stereocenters. The third-order valence-electron chi connectivity index (χ3n) is 6.26. The van der Waals surface area contributed by atoms with Crippen molar-refractivity contribution in [2.45, 2.75) is 64.4 Å². The lowest BCUT2D eigenvalue weighted by atomic mass is 9.58. The molecule has 0 saturated heterocycles. The molecule has 0 heterocycles.